The fourth-order valence-electron chi connectivity index (χ4n) is 1.62. The largest absolute Gasteiger partial charge is 0.461 e. The van der Waals surface area contributed by atoms with Crippen LogP contribution in [0.25, 0.3) is 0 Å². The second kappa shape index (κ2) is 4.47. The molecule has 0 radical (unpaired) electrons. The molecule has 0 aliphatic carbocycles. The summed E-state index contributed by atoms with van der Waals surface area (Å²) in [6, 6.07) is 2.10. The van der Waals surface area contributed by atoms with Gasteiger partial charge in [0.2, 0.25) is 0 Å². The minimum Gasteiger partial charge on any atom is -0.461 e. The lowest BCUT2D eigenvalue weighted by Crippen LogP contribution is -2.03. The third kappa shape index (κ3) is 2.58. The summed E-state index contributed by atoms with van der Waals surface area (Å²) in [4.78, 5) is 10.7. The van der Waals surface area contributed by atoms with Crippen LogP contribution in [-0.4, -0.2) is 5.97 Å². The molecule has 15 heavy (non-hydrogen) atoms. The van der Waals surface area contributed by atoms with Crippen molar-refractivity contribution in [2.75, 3.05) is 0 Å². The number of hydrogen-bond donors (Lipinski definition) is 0. The van der Waals surface area contributed by atoms with Gasteiger partial charge in [0, 0.05) is 6.92 Å². The topological polar surface area (TPSA) is 26.3 Å². The second-order valence-electron chi connectivity index (χ2n) is 4.01. The predicted molar refractivity (Wildman–Crippen MR) is 60.9 cm³/mol. The van der Waals surface area contributed by atoms with E-state index < -0.39 is 0 Å². The minimum absolute atomic E-state index is 0.231. The number of aryl methyl sites for hydroxylation is 1. The Morgan fingerprint density at radius 2 is 1.73 bits per heavy atom. The van der Waals surface area contributed by atoms with E-state index in [4.69, 9.17) is 4.74 Å². The van der Waals surface area contributed by atoms with Crippen molar-refractivity contribution in [1.82, 2.24) is 0 Å². The number of hydrogen-bond acceptors (Lipinski definition) is 2. The molecular weight excluding hydrogens is 188 g/mol. The third-order valence-corrected chi connectivity index (χ3v) is 3.02. The number of esters is 1. The van der Waals surface area contributed by atoms with Crippen LogP contribution in [0.2, 0.25) is 0 Å². The Hall–Kier alpha value is -1.31. The van der Waals surface area contributed by atoms with Crippen molar-refractivity contribution in [3.63, 3.8) is 0 Å². The first-order valence-electron chi connectivity index (χ1n) is 5.13. The Morgan fingerprint density at radius 1 is 1.13 bits per heavy atom. The molecule has 0 aromatic heterocycles. The lowest BCUT2D eigenvalue weighted by molar-refractivity contribution is -0.142. The average molecular weight is 206 g/mol. The van der Waals surface area contributed by atoms with Crippen molar-refractivity contribution in [3.8, 4) is 0 Å². The SMILES string of the molecule is CC(=O)OCc1cc(C)c(C)c(C)c1C. The quantitative estimate of drug-likeness (QED) is 0.695. The highest BCUT2D eigenvalue weighted by Gasteiger charge is 2.07. The van der Waals surface area contributed by atoms with Gasteiger partial charge in [-0.2, -0.15) is 0 Å². The van der Waals surface area contributed by atoms with E-state index >= 15 is 0 Å². The maximum absolute atomic E-state index is 10.7. The van der Waals surface area contributed by atoms with E-state index in [1.807, 2.05) is 0 Å². The maximum Gasteiger partial charge on any atom is 0.302 e. The molecule has 2 nitrogen and oxygen atoms in total. The first-order valence-corrected chi connectivity index (χ1v) is 5.13. The summed E-state index contributed by atoms with van der Waals surface area (Å²) < 4.78 is 5.02. The normalized spacial score (nSPS) is 10.2. The van der Waals surface area contributed by atoms with Crippen molar-refractivity contribution >= 4 is 5.97 Å². The van der Waals surface area contributed by atoms with E-state index in [0.717, 1.165) is 5.56 Å². The van der Waals surface area contributed by atoms with Crippen LogP contribution in [0.15, 0.2) is 6.07 Å². The van der Waals surface area contributed by atoms with E-state index in [1.165, 1.54) is 29.2 Å². The van der Waals surface area contributed by atoms with Gasteiger partial charge in [-0.05, 0) is 55.5 Å². The van der Waals surface area contributed by atoms with Gasteiger partial charge < -0.3 is 4.74 Å². The molecule has 82 valence electrons. The summed E-state index contributed by atoms with van der Waals surface area (Å²) >= 11 is 0. The van der Waals surface area contributed by atoms with E-state index in [9.17, 15) is 4.79 Å². The second-order valence-corrected chi connectivity index (χ2v) is 4.01. The molecule has 0 atom stereocenters. The number of rotatable bonds is 2. The number of carbonyl (C=O) groups excluding carboxylic acids is 1. The molecule has 0 saturated heterocycles. The predicted octanol–water partition coefficient (Wildman–Crippen LogP) is 2.98. The standard InChI is InChI=1S/C13H18O2/c1-8-6-13(7-15-12(5)14)11(4)10(3)9(8)2/h6H,7H2,1-5H3. The first-order chi connectivity index (χ1) is 6.93. The summed E-state index contributed by atoms with van der Waals surface area (Å²) in [7, 11) is 0. The van der Waals surface area contributed by atoms with Crippen LogP contribution in [0.4, 0.5) is 0 Å². The van der Waals surface area contributed by atoms with Crippen LogP contribution in [0.3, 0.4) is 0 Å². The number of ether oxygens (including phenoxy) is 1. The summed E-state index contributed by atoms with van der Waals surface area (Å²) in [5.41, 5.74) is 6.18. The van der Waals surface area contributed by atoms with Gasteiger partial charge in [0.25, 0.3) is 0 Å². The first kappa shape index (κ1) is 11.8. The summed E-state index contributed by atoms with van der Waals surface area (Å²) in [6.45, 7) is 10.2. The Bertz CT molecular complexity index is 392. The molecule has 0 spiro atoms. The van der Waals surface area contributed by atoms with E-state index in [0.29, 0.717) is 6.61 Å². The van der Waals surface area contributed by atoms with Crippen molar-refractivity contribution in [3.05, 3.63) is 33.9 Å². The highest BCUT2D eigenvalue weighted by atomic mass is 16.5. The van der Waals surface area contributed by atoms with Crippen molar-refractivity contribution in [2.24, 2.45) is 0 Å². The van der Waals surface area contributed by atoms with Crippen molar-refractivity contribution in [2.45, 2.75) is 41.2 Å². The van der Waals surface area contributed by atoms with Gasteiger partial charge in [-0.25, -0.2) is 0 Å². The smallest absolute Gasteiger partial charge is 0.302 e. The Kier molecular flexibility index (Phi) is 3.51. The highest BCUT2D eigenvalue weighted by Crippen LogP contribution is 2.21. The molecule has 0 N–H and O–H groups in total. The molecule has 0 unspecified atom stereocenters. The Labute approximate surface area is 91.3 Å². The minimum atomic E-state index is -0.231. The van der Waals surface area contributed by atoms with Gasteiger partial charge in [0.15, 0.2) is 0 Å². The van der Waals surface area contributed by atoms with Crippen LogP contribution in [-0.2, 0) is 16.1 Å². The molecular formula is C13H18O2. The van der Waals surface area contributed by atoms with Gasteiger partial charge in [0.1, 0.15) is 6.61 Å². The fourth-order valence-corrected chi connectivity index (χ4v) is 1.62. The van der Waals surface area contributed by atoms with Gasteiger partial charge in [0.05, 0.1) is 0 Å². The van der Waals surface area contributed by atoms with Gasteiger partial charge in [-0.3, -0.25) is 4.79 Å². The lowest BCUT2D eigenvalue weighted by atomic mass is 9.95. The summed E-state index contributed by atoms with van der Waals surface area (Å²) in [6.07, 6.45) is 0. The lowest BCUT2D eigenvalue weighted by Gasteiger charge is -2.13. The number of benzene rings is 1. The molecule has 0 aliphatic heterocycles. The summed E-state index contributed by atoms with van der Waals surface area (Å²) in [5.74, 6) is -0.231. The Morgan fingerprint density at radius 3 is 2.27 bits per heavy atom. The van der Waals surface area contributed by atoms with Crippen LogP contribution in [0.5, 0.6) is 0 Å². The highest BCUT2D eigenvalue weighted by molar-refractivity contribution is 5.66. The maximum atomic E-state index is 10.7. The molecule has 2 heteroatoms. The van der Waals surface area contributed by atoms with Gasteiger partial charge in [-0.1, -0.05) is 6.07 Å². The molecule has 1 aromatic carbocycles. The van der Waals surface area contributed by atoms with Crippen LogP contribution >= 0.6 is 0 Å². The molecule has 0 bridgehead atoms. The van der Waals surface area contributed by atoms with Crippen molar-refractivity contribution < 1.29 is 9.53 Å². The molecule has 1 aromatic rings. The molecule has 0 aliphatic rings. The zero-order valence-electron chi connectivity index (χ0n) is 10.1. The van der Waals surface area contributed by atoms with Crippen molar-refractivity contribution in [1.29, 1.82) is 0 Å². The van der Waals surface area contributed by atoms with Crippen LogP contribution in [0, 0.1) is 27.7 Å². The van der Waals surface area contributed by atoms with E-state index in [2.05, 4.69) is 33.8 Å². The molecule has 1 rings (SSSR count). The van der Waals surface area contributed by atoms with E-state index in [-0.39, 0.29) is 5.97 Å². The fraction of sp³-hybridized carbons (Fsp3) is 0.462. The summed E-state index contributed by atoms with van der Waals surface area (Å²) in [5, 5.41) is 0. The van der Waals surface area contributed by atoms with Crippen LogP contribution in [0.1, 0.15) is 34.7 Å². The van der Waals surface area contributed by atoms with Crippen LogP contribution < -0.4 is 0 Å². The van der Waals surface area contributed by atoms with Gasteiger partial charge in [-0.15, -0.1) is 0 Å². The molecule has 0 saturated carbocycles. The molecule has 0 fully saturated rings. The molecule has 0 heterocycles. The monoisotopic (exact) mass is 206 g/mol. The zero-order valence-corrected chi connectivity index (χ0v) is 10.1. The van der Waals surface area contributed by atoms with E-state index in [1.54, 1.807) is 0 Å². The number of carbonyl (C=O) groups is 1. The average Bonchev–Trinajstić information content (AvgIpc) is 2.18. The molecule has 0 amide bonds. The zero-order chi connectivity index (χ0) is 11.6. The Balaban J connectivity index is 3.04. The van der Waals surface area contributed by atoms with Gasteiger partial charge >= 0.3 is 5.97 Å². The third-order valence-electron chi connectivity index (χ3n) is 3.02.